The van der Waals surface area contributed by atoms with Gasteiger partial charge in [-0.15, -0.1) is 0 Å². The van der Waals surface area contributed by atoms with Gasteiger partial charge in [0, 0.05) is 27.5 Å². The van der Waals surface area contributed by atoms with Gasteiger partial charge in [0.05, 0.1) is 0 Å². The van der Waals surface area contributed by atoms with Gasteiger partial charge in [-0.1, -0.05) is 109 Å². The molecule has 39 heavy (non-hydrogen) atoms. The molecular formula is C35H21N3O. The van der Waals surface area contributed by atoms with E-state index in [-0.39, 0.29) is 0 Å². The van der Waals surface area contributed by atoms with Crippen LogP contribution < -0.4 is 0 Å². The van der Waals surface area contributed by atoms with Crippen LogP contribution in [0.2, 0.25) is 0 Å². The van der Waals surface area contributed by atoms with E-state index in [1.165, 1.54) is 5.39 Å². The number of aromatic nitrogens is 3. The molecule has 0 aliphatic heterocycles. The fraction of sp³-hybridized carbons (Fsp3) is 0. The Balaban J connectivity index is 1.38. The second-order valence-electron chi connectivity index (χ2n) is 9.67. The third-order valence-corrected chi connectivity index (χ3v) is 7.32. The number of hydrogen-bond acceptors (Lipinski definition) is 4. The van der Waals surface area contributed by atoms with Crippen molar-refractivity contribution in [2.24, 2.45) is 0 Å². The average molecular weight is 500 g/mol. The summed E-state index contributed by atoms with van der Waals surface area (Å²) in [4.78, 5) is 14.8. The molecule has 8 rings (SSSR count). The monoisotopic (exact) mass is 499 g/mol. The van der Waals surface area contributed by atoms with Crippen molar-refractivity contribution in [2.45, 2.75) is 0 Å². The lowest BCUT2D eigenvalue weighted by molar-refractivity contribution is 0.669. The van der Waals surface area contributed by atoms with E-state index >= 15 is 0 Å². The molecule has 6 aromatic carbocycles. The number of benzene rings is 6. The highest BCUT2D eigenvalue weighted by Gasteiger charge is 2.16. The van der Waals surface area contributed by atoms with Gasteiger partial charge in [-0.2, -0.15) is 0 Å². The summed E-state index contributed by atoms with van der Waals surface area (Å²) in [5.41, 5.74) is 4.67. The quantitative estimate of drug-likeness (QED) is 0.228. The predicted molar refractivity (Wildman–Crippen MR) is 158 cm³/mol. The van der Waals surface area contributed by atoms with Gasteiger partial charge in [0.15, 0.2) is 17.5 Å². The summed E-state index contributed by atoms with van der Waals surface area (Å²) in [7, 11) is 0. The lowest BCUT2D eigenvalue weighted by Crippen LogP contribution is -2.00. The largest absolute Gasteiger partial charge is 0.456 e. The number of para-hydroxylation sites is 1. The fourth-order valence-corrected chi connectivity index (χ4v) is 5.44. The minimum atomic E-state index is 0.650. The number of hydrogen-bond donors (Lipinski definition) is 0. The van der Waals surface area contributed by atoms with Crippen molar-refractivity contribution >= 4 is 43.5 Å². The SMILES string of the molecule is c1ccc(-c2nc(-c3ccccc3)nc(-c3cccc4c3ccc3cc5c(cc34)oc3ccccc35)n2)cc1. The standard InChI is InChI=1S/C35H21N3O/c1-3-10-22(11-4-1)33-36-34(23-12-5-2-6-13-23)38-35(37-33)28-16-9-15-25-26(28)19-18-24-20-30-27-14-7-8-17-31(27)39-32(30)21-29(24)25/h1-21H. The van der Waals surface area contributed by atoms with Crippen LogP contribution in [-0.4, -0.2) is 15.0 Å². The normalized spacial score (nSPS) is 11.6. The Hall–Kier alpha value is -5.35. The first-order valence-corrected chi connectivity index (χ1v) is 13.0. The van der Waals surface area contributed by atoms with Gasteiger partial charge < -0.3 is 4.42 Å². The minimum absolute atomic E-state index is 0.650. The van der Waals surface area contributed by atoms with Crippen LogP contribution in [0.1, 0.15) is 0 Å². The molecule has 8 aromatic rings. The predicted octanol–water partition coefficient (Wildman–Crippen LogP) is 9.08. The summed E-state index contributed by atoms with van der Waals surface area (Å²) < 4.78 is 6.22. The maximum absolute atomic E-state index is 6.22. The Morgan fingerprint density at radius 2 is 1.03 bits per heavy atom. The van der Waals surface area contributed by atoms with E-state index in [4.69, 9.17) is 19.4 Å². The molecule has 4 heteroatoms. The minimum Gasteiger partial charge on any atom is -0.456 e. The second kappa shape index (κ2) is 8.61. The van der Waals surface area contributed by atoms with E-state index in [9.17, 15) is 0 Å². The van der Waals surface area contributed by atoms with Gasteiger partial charge in [0.1, 0.15) is 11.2 Å². The number of rotatable bonds is 3. The molecule has 0 N–H and O–H groups in total. The van der Waals surface area contributed by atoms with E-state index in [0.29, 0.717) is 17.5 Å². The summed E-state index contributed by atoms with van der Waals surface area (Å²) in [6.45, 7) is 0. The average Bonchev–Trinajstić information content (AvgIpc) is 3.38. The zero-order chi connectivity index (χ0) is 25.8. The van der Waals surface area contributed by atoms with E-state index in [1.807, 2.05) is 72.8 Å². The highest BCUT2D eigenvalue weighted by molar-refractivity contribution is 6.17. The molecule has 0 aliphatic carbocycles. The maximum atomic E-state index is 6.22. The molecule has 0 radical (unpaired) electrons. The van der Waals surface area contributed by atoms with Crippen molar-refractivity contribution in [1.29, 1.82) is 0 Å². The lowest BCUT2D eigenvalue weighted by atomic mass is 9.96. The van der Waals surface area contributed by atoms with Crippen molar-refractivity contribution in [1.82, 2.24) is 15.0 Å². The van der Waals surface area contributed by atoms with Crippen molar-refractivity contribution < 1.29 is 4.42 Å². The molecule has 182 valence electrons. The highest BCUT2D eigenvalue weighted by atomic mass is 16.3. The van der Waals surface area contributed by atoms with Crippen molar-refractivity contribution in [3.63, 3.8) is 0 Å². The molecule has 0 atom stereocenters. The van der Waals surface area contributed by atoms with Crippen molar-refractivity contribution in [3.05, 3.63) is 127 Å². The van der Waals surface area contributed by atoms with E-state index < -0.39 is 0 Å². The molecule has 0 unspecified atom stereocenters. The van der Waals surface area contributed by atoms with Gasteiger partial charge in [-0.3, -0.25) is 0 Å². The summed E-state index contributed by atoms with van der Waals surface area (Å²) in [6, 6.07) is 43.4. The number of nitrogens with zero attached hydrogens (tertiary/aromatic N) is 3. The van der Waals surface area contributed by atoms with Gasteiger partial charge in [0.2, 0.25) is 0 Å². The van der Waals surface area contributed by atoms with Crippen molar-refractivity contribution in [3.8, 4) is 34.2 Å². The Morgan fingerprint density at radius 1 is 0.385 bits per heavy atom. The van der Waals surface area contributed by atoms with Crippen LogP contribution in [0.5, 0.6) is 0 Å². The first-order valence-electron chi connectivity index (χ1n) is 13.0. The molecule has 2 heterocycles. The second-order valence-corrected chi connectivity index (χ2v) is 9.67. The summed E-state index contributed by atoms with van der Waals surface area (Å²) in [5.74, 6) is 1.96. The maximum Gasteiger partial charge on any atom is 0.164 e. The third kappa shape index (κ3) is 3.57. The molecule has 0 bridgehead atoms. The van der Waals surface area contributed by atoms with Gasteiger partial charge in [0.25, 0.3) is 0 Å². The Labute approximate surface area is 224 Å². The number of fused-ring (bicyclic) bond motifs is 6. The Bertz CT molecular complexity index is 2110. The zero-order valence-corrected chi connectivity index (χ0v) is 20.9. The van der Waals surface area contributed by atoms with E-state index in [0.717, 1.165) is 54.8 Å². The highest BCUT2D eigenvalue weighted by Crippen LogP contribution is 2.37. The molecule has 0 saturated heterocycles. The van der Waals surface area contributed by atoms with E-state index in [2.05, 4.69) is 54.6 Å². The fourth-order valence-electron chi connectivity index (χ4n) is 5.44. The van der Waals surface area contributed by atoms with Crippen LogP contribution in [0.3, 0.4) is 0 Å². The van der Waals surface area contributed by atoms with Crippen LogP contribution >= 0.6 is 0 Å². The first kappa shape index (κ1) is 21.7. The van der Waals surface area contributed by atoms with Crippen LogP contribution in [0.15, 0.2) is 132 Å². The van der Waals surface area contributed by atoms with Gasteiger partial charge >= 0.3 is 0 Å². The number of furan rings is 1. The van der Waals surface area contributed by atoms with Gasteiger partial charge in [-0.25, -0.2) is 15.0 Å². The Morgan fingerprint density at radius 3 is 1.77 bits per heavy atom. The summed E-state index contributed by atoms with van der Waals surface area (Å²) in [5, 5.41) is 6.80. The topological polar surface area (TPSA) is 51.8 Å². The van der Waals surface area contributed by atoms with Crippen LogP contribution in [0.25, 0.3) is 77.6 Å². The molecule has 0 fully saturated rings. The smallest absolute Gasteiger partial charge is 0.164 e. The first-order chi connectivity index (χ1) is 19.3. The zero-order valence-electron chi connectivity index (χ0n) is 20.9. The summed E-state index contributed by atoms with van der Waals surface area (Å²) >= 11 is 0. The third-order valence-electron chi connectivity index (χ3n) is 7.32. The molecule has 2 aromatic heterocycles. The molecule has 0 aliphatic rings. The molecule has 0 amide bonds. The van der Waals surface area contributed by atoms with Gasteiger partial charge in [-0.05, 0) is 39.7 Å². The Kier molecular flexibility index (Phi) is 4.79. The summed E-state index contributed by atoms with van der Waals surface area (Å²) in [6.07, 6.45) is 0. The van der Waals surface area contributed by atoms with Crippen LogP contribution in [0.4, 0.5) is 0 Å². The molecule has 4 nitrogen and oxygen atoms in total. The van der Waals surface area contributed by atoms with E-state index in [1.54, 1.807) is 0 Å². The van der Waals surface area contributed by atoms with Crippen LogP contribution in [-0.2, 0) is 0 Å². The molecular weight excluding hydrogens is 478 g/mol. The van der Waals surface area contributed by atoms with Crippen molar-refractivity contribution in [2.75, 3.05) is 0 Å². The van der Waals surface area contributed by atoms with Crippen LogP contribution in [0, 0.1) is 0 Å². The lowest BCUT2D eigenvalue weighted by Gasteiger charge is -2.11. The molecule has 0 saturated carbocycles. The molecule has 0 spiro atoms.